The fraction of sp³-hybridized carbons (Fsp3) is 0.667. The lowest BCUT2D eigenvalue weighted by Crippen LogP contribution is -2.34. The van der Waals surface area contributed by atoms with E-state index in [-0.39, 0.29) is 6.61 Å². The number of aliphatic hydroxyl groups is 1. The van der Waals surface area contributed by atoms with Crippen LogP contribution >= 0.6 is 0 Å². The van der Waals surface area contributed by atoms with E-state index in [1.165, 1.54) is 0 Å². The summed E-state index contributed by atoms with van der Waals surface area (Å²) in [5.74, 6) is 2.93. The highest BCUT2D eigenvalue weighted by Gasteiger charge is 2.22. The molecular weight excluding hydrogens is 330 g/mol. The summed E-state index contributed by atoms with van der Waals surface area (Å²) < 4.78 is 1.91. The van der Waals surface area contributed by atoms with Gasteiger partial charge in [0, 0.05) is 44.5 Å². The van der Waals surface area contributed by atoms with E-state index in [9.17, 15) is 5.11 Å². The molecule has 3 rings (SSSR count). The summed E-state index contributed by atoms with van der Waals surface area (Å²) >= 11 is 0. The van der Waals surface area contributed by atoms with Crippen LogP contribution in [0.2, 0.25) is 0 Å². The molecule has 0 radical (unpaired) electrons. The molecule has 26 heavy (non-hydrogen) atoms. The number of rotatable bonds is 8. The minimum atomic E-state index is -0.0588. The fourth-order valence-corrected chi connectivity index (χ4v) is 3.34. The Morgan fingerprint density at radius 3 is 2.46 bits per heavy atom. The van der Waals surface area contributed by atoms with Crippen LogP contribution in [0.4, 0.5) is 5.95 Å². The van der Waals surface area contributed by atoms with Crippen molar-refractivity contribution in [3.05, 3.63) is 29.6 Å². The molecule has 0 atom stereocenters. The summed E-state index contributed by atoms with van der Waals surface area (Å²) in [5, 5.41) is 20.7. The molecule has 0 unspecified atom stereocenters. The Hall–Kier alpha value is -2.06. The first kappa shape index (κ1) is 18.7. The molecule has 2 aromatic rings. The highest BCUT2D eigenvalue weighted by Crippen LogP contribution is 2.22. The third-order valence-corrected chi connectivity index (χ3v) is 5.02. The lowest BCUT2D eigenvalue weighted by Gasteiger charge is -2.31. The minimum absolute atomic E-state index is 0.0588. The van der Waals surface area contributed by atoms with Gasteiger partial charge < -0.3 is 15.0 Å². The van der Waals surface area contributed by atoms with Crippen molar-refractivity contribution in [1.29, 1.82) is 0 Å². The largest absolute Gasteiger partial charge is 0.388 e. The van der Waals surface area contributed by atoms with Crippen LogP contribution < -0.4 is 5.32 Å². The molecule has 1 fully saturated rings. The van der Waals surface area contributed by atoms with Gasteiger partial charge in [-0.2, -0.15) is 0 Å². The Labute approximate surface area is 154 Å². The van der Waals surface area contributed by atoms with Gasteiger partial charge in [0.25, 0.3) is 0 Å². The molecule has 1 aliphatic heterocycles. The van der Waals surface area contributed by atoms with E-state index in [1.54, 1.807) is 0 Å². The molecule has 1 aliphatic rings. The molecular formula is C18H29N7O. The smallest absolute Gasteiger partial charge is 0.222 e. The number of likely N-dealkylation sites (tertiary alicyclic amines) is 1. The van der Waals surface area contributed by atoms with Gasteiger partial charge in [0.2, 0.25) is 5.95 Å². The second kappa shape index (κ2) is 9.05. The Morgan fingerprint density at radius 1 is 1.15 bits per heavy atom. The molecule has 2 N–H and O–H groups in total. The van der Waals surface area contributed by atoms with Crippen molar-refractivity contribution in [2.75, 3.05) is 25.0 Å². The molecule has 8 heteroatoms. The lowest BCUT2D eigenvalue weighted by molar-refractivity contribution is 0.175. The molecule has 1 saturated heterocycles. The van der Waals surface area contributed by atoms with Crippen LogP contribution in [0.5, 0.6) is 0 Å². The number of nitrogens with zero attached hydrogens (tertiary/aromatic N) is 6. The van der Waals surface area contributed by atoms with Crippen molar-refractivity contribution in [2.24, 2.45) is 13.0 Å². The van der Waals surface area contributed by atoms with Crippen LogP contribution in [0.3, 0.4) is 0 Å². The van der Waals surface area contributed by atoms with E-state index < -0.39 is 0 Å². The van der Waals surface area contributed by atoms with E-state index in [4.69, 9.17) is 0 Å². The number of piperidine rings is 1. The van der Waals surface area contributed by atoms with Crippen molar-refractivity contribution in [3.63, 3.8) is 0 Å². The van der Waals surface area contributed by atoms with E-state index in [2.05, 4.69) is 37.3 Å². The fourth-order valence-electron chi connectivity index (χ4n) is 3.34. The van der Waals surface area contributed by atoms with Crippen LogP contribution in [0, 0.1) is 5.92 Å². The highest BCUT2D eigenvalue weighted by molar-refractivity contribution is 5.24. The summed E-state index contributed by atoms with van der Waals surface area (Å²) in [4.78, 5) is 11.2. The molecule has 0 saturated carbocycles. The van der Waals surface area contributed by atoms with Crippen LogP contribution in [0.25, 0.3) is 0 Å². The first-order chi connectivity index (χ1) is 12.7. The topological polar surface area (TPSA) is 92.0 Å². The number of anilines is 1. The maximum absolute atomic E-state index is 9.23. The molecule has 2 aromatic heterocycles. The Balaban J connectivity index is 1.45. The predicted octanol–water partition coefficient (Wildman–Crippen LogP) is 1.37. The van der Waals surface area contributed by atoms with Gasteiger partial charge in [0.15, 0.2) is 5.82 Å². The quantitative estimate of drug-likeness (QED) is 0.735. The van der Waals surface area contributed by atoms with Crippen molar-refractivity contribution < 1.29 is 5.11 Å². The summed E-state index contributed by atoms with van der Waals surface area (Å²) in [6.45, 7) is 6.02. The number of nitrogens with one attached hydrogen (secondary N) is 1. The van der Waals surface area contributed by atoms with Gasteiger partial charge in [0.05, 0.1) is 0 Å². The zero-order valence-electron chi connectivity index (χ0n) is 15.7. The number of hydrogen-bond donors (Lipinski definition) is 2. The Morgan fingerprint density at radius 2 is 1.85 bits per heavy atom. The summed E-state index contributed by atoms with van der Waals surface area (Å²) in [6.07, 6.45) is 8.14. The maximum atomic E-state index is 9.23. The predicted molar refractivity (Wildman–Crippen MR) is 99.4 cm³/mol. The maximum Gasteiger partial charge on any atom is 0.222 e. The minimum Gasteiger partial charge on any atom is -0.388 e. The van der Waals surface area contributed by atoms with Gasteiger partial charge in [-0.3, -0.25) is 4.90 Å². The van der Waals surface area contributed by atoms with Crippen LogP contribution in [-0.4, -0.2) is 54.4 Å². The number of aromatic nitrogens is 5. The van der Waals surface area contributed by atoms with Gasteiger partial charge in [-0.25, -0.2) is 9.97 Å². The highest BCUT2D eigenvalue weighted by atomic mass is 16.3. The standard InChI is InChI=1S/C18H29N7O/c1-3-6-19-18-20-10-15(11-21-18)12-25-7-4-14(5-8-25)9-16-22-23-17(13-26)24(16)2/h10-11,14,26H,3-9,12-13H2,1-2H3,(H,19,20,21). The Kier molecular flexibility index (Phi) is 6.51. The molecule has 8 nitrogen and oxygen atoms in total. The molecule has 0 amide bonds. The zero-order valence-corrected chi connectivity index (χ0v) is 15.7. The van der Waals surface area contributed by atoms with E-state index in [1.807, 2.05) is 24.0 Å². The summed E-state index contributed by atoms with van der Waals surface area (Å²) in [7, 11) is 1.93. The van der Waals surface area contributed by atoms with Gasteiger partial charge >= 0.3 is 0 Å². The van der Waals surface area contributed by atoms with E-state index in [0.717, 1.165) is 63.3 Å². The van der Waals surface area contributed by atoms with Gasteiger partial charge in [0.1, 0.15) is 12.4 Å². The zero-order chi connectivity index (χ0) is 18.4. The average Bonchev–Trinajstić information content (AvgIpc) is 3.02. The molecule has 3 heterocycles. The SMILES string of the molecule is CCCNc1ncc(CN2CCC(Cc3nnc(CO)n3C)CC2)cn1. The first-order valence-electron chi connectivity index (χ1n) is 9.44. The third kappa shape index (κ3) is 4.76. The van der Waals surface area contributed by atoms with Crippen molar-refractivity contribution >= 4 is 5.95 Å². The molecule has 142 valence electrons. The van der Waals surface area contributed by atoms with Crippen molar-refractivity contribution in [1.82, 2.24) is 29.6 Å². The van der Waals surface area contributed by atoms with Gasteiger partial charge in [-0.05, 0) is 38.3 Å². The van der Waals surface area contributed by atoms with Crippen molar-refractivity contribution in [2.45, 2.75) is 45.8 Å². The summed E-state index contributed by atoms with van der Waals surface area (Å²) in [6, 6.07) is 0. The second-order valence-corrected chi connectivity index (χ2v) is 7.01. The van der Waals surface area contributed by atoms with Crippen LogP contribution in [0.15, 0.2) is 12.4 Å². The molecule has 0 aromatic carbocycles. The third-order valence-electron chi connectivity index (χ3n) is 5.02. The lowest BCUT2D eigenvalue weighted by atomic mass is 9.93. The van der Waals surface area contributed by atoms with Crippen LogP contribution in [-0.2, 0) is 26.6 Å². The average molecular weight is 359 g/mol. The van der Waals surface area contributed by atoms with Crippen LogP contribution in [0.1, 0.15) is 43.4 Å². The molecule has 0 spiro atoms. The molecule has 0 bridgehead atoms. The van der Waals surface area contributed by atoms with Crippen molar-refractivity contribution in [3.8, 4) is 0 Å². The number of aliphatic hydroxyl groups excluding tert-OH is 1. The first-order valence-corrected chi connectivity index (χ1v) is 9.44. The second-order valence-electron chi connectivity index (χ2n) is 7.01. The van der Waals surface area contributed by atoms with E-state index >= 15 is 0 Å². The van der Waals surface area contributed by atoms with Gasteiger partial charge in [-0.15, -0.1) is 10.2 Å². The summed E-state index contributed by atoms with van der Waals surface area (Å²) in [5.41, 5.74) is 1.16. The monoisotopic (exact) mass is 359 g/mol. The van der Waals surface area contributed by atoms with Gasteiger partial charge in [-0.1, -0.05) is 6.92 Å². The Bertz CT molecular complexity index is 677. The molecule has 0 aliphatic carbocycles. The van der Waals surface area contributed by atoms with E-state index in [0.29, 0.717) is 17.7 Å². The number of hydrogen-bond acceptors (Lipinski definition) is 7. The normalized spacial score (nSPS) is 16.1.